The summed E-state index contributed by atoms with van der Waals surface area (Å²) in [5.41, 5.74) is 7.44. The molecule has 0 aromatic heterocycles. The molecular weight excluding hydrogens is 413 g/mol. The van der Waals surface area contributed by atoms with E-state index in [1.807, 2.05) is 56.3 Å². The lowest BCUT2D eigenvalue weighted by Gasteiger charge is -2.25. The number of carbonyl (C=O) groups excluding carboxylic acids is 1. The van der Waals surface area contributed by atoms with Gasteiger partial charge in [-0.2, -0.15) is 0 Å². The van der Waals surface area contributed by atoms with Crippen molar-refractivity contribution < 1.29 is 14.3 Å². The topological polar surface area (TPSA) is 40.5 Å². The highest BCUT2D eigenvalue weighted by atomic mass is 19.1. The summed E-state index contributed by atoms with van der Waals surface area (Å²) in [7, 11) is 0. The zero-order valence-corrected chi connectivity index (χ0v) is 19.0. The van der Waals surface area contributed by atoms with E-state index in [1.165, 1.54) is 12.1 Å². The number of aryl methyl sites for hydroxylation is 1. The SMILES string of the molecule is CCN(CC)C(=O)/C=C/c1ccc(C2=C(c3ccc(F)cc3)CCc3cc(O)ccc32)cc1. The van der Waals surface area contributed by atoms with Gasteiger partial charge in [0, 0.05) is 19.2 Å². The Bertz CT molecular complexity index is 1200. The summed E-state index contributed by atoms with van der Waals surface area (Å²) in [5, 5.41) is 9.98. The molecule has 168 valence electrons. The largest absolute Gasteiger partial charge is 0.508 e. The highest BCUT2D eigenvalue weighted by Gasteiger charge is 2.22. The number of phenolic OH excluding ortho intramolecular Hbond substituents is 1. The molecule has 0 radical (unpaired) electrons. The number of likely N-dealkylation sites (N-methyl/N-ethyl adjacent to an activating group) is 1. The number of halogens is 1. The fourth-order valence-electron chi connectivity index (χ4n) is 4.42. The first-order valence-corrected chi connectivity index (χ1v) is 11.4. The number of carbonyl (C=O) groups is 1. The third-order valence-corrected chi connectivity index (χ3v) is 6.19. The third kappa shape index (κ3) is 4.90. The summed E-state index contributed by atoms with van der Waals surface area (Å²) in [4.78, 5) is 14.0. The van der Waals surface area contributed by atoms with Crippen LogP contribution >= 0.6 is 0 Å². The summed E-state index contributed by atoms with van der Waals surface area (Å²) in [5.74, 6) is 0.0144. The second-order valence-electron chi connectivity index (χ2n) is 8.17. The van der Waals surface area contributed by atoms with Gasteiger partial charge >= 0.3 is 0 Å². The second kappa shape index (κ2) is 9.86. The molecule has 0 saturated heterocycles. The number of aromatic hydroxyl groups is 1. The van der Waals surface area contributed by atoms with Crippen LogP contribution in [0.5, 0.6) is 5.75 Å². The Hall–Kier alpha value is -3.66. The van der Waals surface area contributed by atoms with Gasteiger partial charge in [-0.05, 0) is 96.0 Å². The van der Waals surface area contributed by atoms with Crippen LogP contribution in [-0.2, 0) is 11.2 Å². The molecule has 33 heavy (non-hydrogen) atoms. The van der Waals surface area contributed by atoms with Crippen molar-refractivity contribution in [3.05, 3.63) is 106 Å². The molecule has 3 aromatic carbocycles. The Morgan fingerprint density at radius 1 is 0.939 bits per heavy atom. The van der Waals surface area contributed by atoms with Crippen molar-refractivity contribution in [3.8, 4) is 5.75 Å². The Labute approximate surface area is 194 Å². The van der Waals surface area contributed by atoms with Crippen molar-refractivity contribution in [3.63, 3.8) is 0 Å². The standard InChI is InChI=1S/C29H28FNO2/c1-3-31(4-2)28(33)18-7-20-5-8-22(9-6-20)29-26(21-10-13-24(30)14-11-21)16-12-23-19-25(32)15-17-27(23)29/h5-11,13-15,17-19,32H,3-4,12,16H2,1-2H3/b18-7+. The molecule has 0 unspecified atom stereocenters. The van der Waals surface area contributed by atoms with Crippen LogP contribution in [0.25, 0.3) is 17.2 Å². The molecule has 0 heterocycles. The molecule has 0 spiro atoms. The number of amides is 1. The molecule has 1 aliphatic carbocycles. The first-order valence-electron chi connectivity index (χ1n) is 11.4. The van der Waals surface area contributed by atoms with Crippen LogP contribution in [0.15, 0.2) is 72.8 Å². The maximum atomic E-state index is 13.5. The Balaban J connectivity index is 1.73. The average Bonchev–Trinajstić information content (AvgIpc) is 2.83. The predicted octanol–water partition coefficient (Wildman–Crippen LogP) is 6.32. The van der Waals surface area contributed by atoms with Gasteiger partial charge in [0.1, 0.15) is 11.6 Å². The van der Waals surface area contributed by atoms with Crippen molar-refractivity contribution in [2.24, 2.45) is 0 Å². The Morgan fingerprint density at radius 2 is 1.61 bits per heavy atom. The van der Waals surface area contributed by atoms with Crippen molar-refractivity contribution in [1.29, 1.82) is 0 Å². The van der Waals surface area contributed by atoms with E-state index in [9.17, 15) is 14.3 Å². The predicted molar refractivity (Wildman–Crippen MR) is 132 cm³/mol. The van der Waals surface area contributed by atoms with E-state index >= 15 is 0 Å². The minimum atomic E-state index is -0.252. The van der Waals surface area contributed by atoms with Crippen molar-refractivity contribution in [1.82, 2.24) is 4.90 Å². The Morgan fingerprint density at radius 3 is 2.27 bits per heavy atom. The number of nitrogens with zero attached hydrogens (tertiary/aromatic N) is 1. The van der Waals surface area contributed by atoms with E-state index in [-0.39, 0.29) is 17.5 Å². The Kier molecular flexibility index (Phi) is 6.74. The normalized spacial score (nSPS) is 13.3. The molecule has 4 rings (SSSR count). The van der Waals surface area contributed by atoms with E-state index in [2.05, 4.69) is 12.1 Å². The minimum Gasteiger partial charge on any atom is -0.508 e. The number of allylic oxidation sites excluding steroid dienone is 1. The molecule has 0 aliphatic heterocycles. The highest BCUT2D eigenvalue weighted by molar-refractivity contribution is 6.01. The maximum Gasteiger partial charge on any atom is 0.246 e. The van der Waals surface area contributed by atoms with Crippen LogP contribution in [0.2, 0.25) is 0 Å². The van der Waals surface area contributed by atoms with Gasteiger partial charge < -0.3 is 10.0 Å². The van der Waals surface area contributed by atoms with Gasteiger partial charge in [-0.1, -0.05) is 42.5 Å². The van der Waals surface area contributed by atoms with Gasteiger partial charge in [-0.25, -0.2) is 4.39 Å². The quantitative estimate of drug-likeness (QED) is 0.455. The number of phenols is 1. The third-order valence-electron chi connectivity index (χ3n) is 6.19. The number of hydrogen-bond donors (Lipinski definition) is 1. The molecule has 0 bridgehead atoms. The summed E-state index contributed by atoms with van der Waals surface area (Å²) < 4.78 is 13.5. The van der Waals surface area contributed by atoms with Gasteiger partial charge in [-0.3, -0.25) is 4.79 Å². The van der Waals surface area contributed by atoms with Crippen molar-refractivity contribution >= 4 is 23.1 Å². The molecule has 1 amide bonds. The summed E-state index contributed by atoms with van der Waals surface area (Å²) >= 11 is 0. The van der Waals surface area contributed by atoms with Gasteiger partial charge in [0.15, 0.2) is 0 Å². The smallest absolute Gasteiger partial charge is 0.246 e. The number of fused-ring (bicyclic) bond motifs is 1. The zero-order valence-electron chi connectivity index (χ0n) is 19.0. The lowest BCUT2D eigenvalue weighted by Crippen LogP contribution is -2.28. The molecule has 1 aliphatic rings. The lowest BCUT2D eigenvalue weighted by atomic mass is 9.79. The molecule has 0 atom stereocenters. The van der Waals surface area contributed by atoms with Gasteiger partial charge in [0.05, 0.1) is 0 Å². The van der Waals surface area contributed by atoms with Gasteiger partial charge in [-0.15, -0.1) is 0 Å². The molecule has 1 N–H and O–H groups in total. The van der Waals surface area contributed by atoms with Crippen LogP contribution < -0.4 is 0 Å². The number of hydrogen-bond acceptors (Lipinski definition) is 2. The fourth-order valence-corrected chi connectivity index (χ4v) is 4.42. The van der Waals surface area contributed by atoms with Crippen LogP contribution in [0.1, 0.15) is 48.1 Å². The maximum absolute atomic E-state index is 13.5. The molecule has 4 heteroatoms. The lowest BCUT2D eigenvalue weighted by molar-refractivity contribution is -0.125. The van der Waals surface area contributed by atoms with E-state index < -0.39 is 0 Å². The molecule has 3 aromatic rings. The van der Waals surface area contributed by atoms with Gasteiger partial charge in [0.25, 0.3) is 0 Å². The first-order chi connectivity index (χ1) is 16.0. The minimum absolute atomic E-state index is 0.00592. The van der Waals surface area contributed by atoms with Crippen molar-refractivity contribution in [2.75, 3.05) is 13.1 Å². The van der Waals surface area contributed by atoms with Crippen LogP contribution in [0.3, 0.4) is 0 Å². The van der Waals surface area contributed by atoms with Crippen LogP contribution in [-0.4, -0.2) is 29.0 Å². The van der Waals surface area contributed by atoms with E-state index in [4.69, 9.17) is 0 Å². The van der Waals surface area contributed by atoms with E-state index in [0.29, 0.717) is 13.1 Å². The monoisotopic (exact) mass is 441 g/mol. The molecule has 3 nitrogen and oxygen atoms in total. The average molecular weight is 442 g/mol. The summed E-state index contributed by atoms with van der Waals surface area (Å²) in [6.45, 7) is 5.32. The molecule has 0 saturated carbocycles. The molecular formula is C29H28FNO2. The van der Waals surface area contributed by atoms with Crippen molar-refractivity contribution in [2.45, 2.75) is 26.7 Å². The van der Waals surface area contributed by atoms with Crippen LogP contribution in [0.4, 0.5) is 4.39 Å². The van der Waals surface area contributed by atoms with Gasteiger partial charge in [0.2, 0.25) is 5.91 Å². The highest BCUT2D eigenvalue weighted by Crippen LogP contribution is 2.41. The molecule has 0 fully saturated rings. The zero-order chi connectivity index (χ0) is 23.4. The summed E-state index contributed by atoms with van der Waals surface area (Å²) in [6.07, 6.45) is 5.07. The fraction of sp³-hybridized carbons (Fsp3) is 0.207. The summed E-state index contributed by atoms with van der Waals surface area (Å²) in [6, 6.07) is 20.3. The van der Waals surface area contributed by atoms with Crippen LogP contribution in [0, 0.1) is 5.82 Å². The first kappa shape index (κ1) is 22.5. The number of benzene rings is 3. The van der Waals surface area contributed by atoms with E-state index in [0.717, 1.165) is 51.8 Å². The van der Waals surface area contributed by atoms with E-state index in [1.54, 1.807) is 17.0 Å². The second-order valence-corrected chi connectivity index (χ2v) is 8.17. The number of rotatable bonds is 6.